The van der Waals surface area contributed by atoms with E-state index >= 15 is 0 Å². The van der Waals surface area contributed by atoms with E-state index in [-0.39, 0.29) is 17.4 Å². The smallest absolute Gasteiger partial charge is 0.332 e. The van der Waals surface area contributed by atoms with Crippen molar-refractivity contribution in [2.45, 2.75) is 38.6 Å². The molecule has 1 amide bonds. The van der Waals surface area contributed by atoms with Crippen LogP contribution in [0, 0.1) is 5.92 Å². The third-order valence-corrected chi connectivity index (χ3v) is 7.34. The van der Waals surface area contributed by atoms with Crippen molar-refractivity contribution in [2.75, 3.05) is 31.1 Å². The Balaban J connectivity index is 1.48. The minimum atomic E-state index is -0.392. The van der Waals surface area contributed by atoms with Crippen LogP contribution in [0.15, 0.2) is 39.9 Å². The van der Waals surface area contributed by atoms with Crippen LogP contribution in [0.5, 0.6) is 0 Å². The maximum Gasteiger partial charge on any atom is 0.332 e. The number of rotatable bonds is 4. The number of imidazole rings is 1. The van der Waals surface area contributed by atoms with Crippen LogP contribution < -0.4 is 16.1 Å². The molecule has 0 bridgehead atoms. The molecule has 1 saturated heterocycles. The van der Waals surface area contributed by atoms with Gasteiger partial charge in [-0.3, -0.25) is 23.3 Å². The molecule has 2 aromatic heterocycles. The molecule has 180 valence electrons. The van der Waals surface area contributed by atoms with E-state index in [0.29, 0.717) is 49.8 Å². The molecule has 0 N–H and O–H groups in total. The normalized spacial score (nSPS) is 17.5. The van der Waals surface area contributed by atoms with Gasteiger partial charge in [0, 0.05) is 46.2 Å². The standard InChI is InChI=1S/C25H32N6O3/c1-27-21-20(23(33)28(2)25(27)34)31(17-18-9-5-3-6-10-18)24(26-21)30-15-13-29(14-16-30)22(32)19-11-7-4-8-12-19/h3,5-6,9-10,19H,4,7-8,11-17H2,1-2H3. The van der Waals surface area contributed by atoms with Gasteiger partial charge in [0.15, 0.2) is 11.2 Å². The predicted octanol–water partition coefficient (Wildman–Crippen LogP) is 1.71. The summed E-state index contributed by atoms with van der Waals surface area (Å²) in [4.78, 5) is 47.6. The fourth-order valence-electron chi connectivity index (χ4n) is 5.33. The van der Waals surface area contributed by atoms with Gasteiger partial charge in [-0.2, -0.15) is 4.98 Å². The van der Waals surface area contributed by atoms with E-state index < -0.39 is 5.69 Å². The maximum atomic E-state index is 13.1. The van der Waals surface area contributed by atoms with Crippen molar-refractivity contribution in [3.8, 4) is 0 Å². The van der Waals surface area contributed by atoms with Crippen molar-refractivity contribution in [1.29, 1.82) is 0 Å². The molecule has 1 aliphatic carbocycles. The summed E-state index contributed by atoms with van der Waals surface area (Å²) in [6.07, 6.45) is 5.53. The lowest BCUT2D eigenvalue weighted by Crippen LogP contribution is -2.51. The van der Waals surface area contributed by atoms with E-state index in [1.54, 1.807) is 7.05 Å². The van der Waals surface area contributed by atoms with Gasteiger partial charge in [-0.15, -0.1) is 0 Å². The van der Waals surface area contributed by atoms with Crippen LogP contribution >= 0.6 is 0 Å². The highest BCUT2D eigenvalue weighted by molar-refractivity contribution is 5.79. The van der Waals surface area contributed by atoms with Gasteiger partial charge < -0.3 is 9.80 Å². The fourth-order valence-corrected chi connectivity index (χ4v) is 5.33. The quantitative estimate of drug-likeness (QED) is 0.587. The molecule has 0 spiro atoms. The first-order chi connectivity index (χ1) is 16.5. The molecule has 3 heterocycles. The molecule has 1 saturated carbocycles. The molecule has 2 fully saturated rings. The lowest BCUT2D eigenvalue weighted by Gasteiger charge is -2.37. The Morgan fingerprint density at radius 1 is 0.941 bits per heavy atom. The van der Waals surface area contributed by atoms with Gasteiger partial charge in [0.1, 0.15) is 0 Å². The first-order valence-electron chi connectivity index (χ1n) is 12.2. The van der Waals surface area contributed by atoms with Crippen molar-refractivity contribution >= 4 is 23.0 Å². The number of nitrogens with zero attached hydrogens (tertiary/aromatic N) is 6. The minimum Gasteiger partial charge on any atom is -0.339 e. The zero-order valence-electron chi connectivity index (χ0n) is 19.9. The van der Waals surface area contributed by atoms with E-state index in [1.165, 1.54) is 18.0 Å². The lowest BCUT2D eigenvalue weighted by atomic mass is 9.88. The molecular formula is C25H32N6O3. The topological polar surface area (TPSA) is 85.4 Å². The zero-order valence-corrected chi connectivity index (χ0v) is 19.9. The average molecular weight is 465 g/mol. The molecule has 0 radical (unpaired) electrons. The van der Waals surface area contributed by atoms with Crippen molar-refractivity contribution in [2.24, 2.45) is 20.0 Å². The molecule has 0 atom stereocenters. The van der Waals surface area contributed by atoms with Crippen molar-refractivity contribution in [3.05, 3.63) is 56.7 Å². The highest BCUT2D eigenvalue weighted by Crippen LogP contribution is 2.27. The van der Waals surface area contributed by atoms with Gasteiger partial charge in [0.2, 0.25) is 11.9 Å². The molecular weight excluding hydrogens is 432 g/mol. The van der Waals surface area contributed by atoms with Crippen molar-refractivity contribution < 1.29 is 4.79 Å². The van der Waals surface area contributed by atoms with Gasteiger partial charge in [-0.25, -0.2) is 4.79 Å². The number of fused-ring (bicyclic) bond motifs is 1. The minimum absolute atomic E-state index is 0.167. The molecule has 34 heavy (non-hydrogen) atoms. The number of anilines is 1. The van der Waals surface area contributed by atoms with Gasteiger partial charge in [-0.05, 0) is 18.4 Å². The second-order valence-electron chi connectivity index (χ2n) is 9.51. The summed E-state index contributed by atoms with van der Waals surface area (Å²) in [5.41, 5.74) is 1.11. The van der Waals surface area contributed by atoms with E-state index in [9.17, 15) is 14.4 Å². The van der Waals surface area contributed by atoms with E-state index in [0.717, 1.165) is 35.8 Å². The number of carbonyl (C=O) groups excluding carboxylic acids is 1. The number of piperazine rings is 1. The third-order valence-electron chi connectivity index (χ3n) is 7.34. The molecule has 9 heteroatoms. The summed E-state index contributed by atoms with van der Waals surface area (Å²) in [6.45, 7) is 3.04. The number of hydrogen-bond acceptors (Lipinski definition) is 5. The van der Waals surface area contributed by atoms with Crippen LogP contribution in [-0.4, -0.2) is 55.7 Å². The van der Waals surface area contributed by atoms with Crippen LogP contribution in [-0.2, 0) is 25.4 Å². The number of aryl methyl sites for hydroxylation is 1. The first kappa shape index (κ1) is 22.4. The number of carbonyl (C=O) groups is 1. The summed E-state index contributed by atoms with van der Waals surface area (Å²) in [5.74, 6) is 1.12. The maximum absolute atomic E-state index is 13.1. The Morgan fingerprint density at radius 2 is 1.62 bits per heavy atom. The van der Waals surface area contributed by atoms with Crippen molar-refractivity contribution in [3.63, 3.8) is 0 Å². The Hall–Kier alpha value is -3.36. The van der Waals surface area contributed by atoms with Gasteiger partial charge in [0.05, 0.1) is 6.54 Å². The molecule has 5 rings (SSSR count). The van der Waals surface area contributed by atoms with Crippen molar-refractivity contribution in [1.82, 2.24) is 23.6 Å². The van der Waals surface area contributed by atoms with Crippen LogP contribution in [0.1, 0.15) is 37.7 Å². The fraction of sp³-hybridized carbons (Fsp3) is 0.520. The monoisotopic (exact) mass is 464 g/mol. The van der Waals surface area contributed by atoms with Crippen LogP contribution in [0.3, 0.4) is 0 Å². The van der Waals surface area contributed by atoms with Crippen LogP contribution in [0.2, 0.25) is 0 Å². The second-order valence-corrected chi connectivity index (χ2v) is 9.51. The Kier molecular flexibility index (Phi) is 6.02. The number of hydrogen-bond donors (Lipinski definition) is 0. The van der Waals surface area contributed by atoms with Gasteiger partial charge in [0.25, 0.3) is 5.56 Å². The SMILES string of the molecule is Cn1c(=O)c2c(nc(N3CCN(C(=O)C4CCCCC4)CC3)n2Cc2ccccc2)n(C)c1=O. The van der Waals surface area contributed by atoms with Gasteiger partial charge in [-0.1, -0.05) is 49.6 Å². The van der Waals surface area contributed by atoms with Gasteiger partial charge >= 0.3 is 5.69 Å². The largest absolute Gasteiger partial charge is 0.339 e. The third kappa shape index (κ3) is 3.93. The van der Waals surface area contributed by atoms with Crippen LogP contribution in [0.25, 0.3) is 11.2 Å². The van der Waals surface area contributed by atoms with E-state index in [4.69, 9.17) is 4.98 Å². The predicted molar refractivity (Wildman–Crippen MR) is 131 cm³/mol. The summed E-state index contributed by atoms with van der Waals surface area (Å²) in [5, 5.41) is 0. The first-order valence-corrected chi connectivity index (χ1v) is 12.2. The Morgan fingerprint density at radius 3 is 2.29 bits per heavy atom. The number of aromatic nitrogens is 4. The van der Waals surface area contributed by atoms with E-state index in [1.807, 2.05) is 39.8 Å². The number of benzene rings is 1. The summed E-state index contributed by atoms with van der Waals surface area (Å²) >= 11 is 0. The summed E-state index contributed by atoms with van der Waals surface area (Å²) < 4.78 is 4.49. The molecule has 2 aliphatic rings. The highest BCUT2D eigenvalue weighted by Gasteiger charge is 2.30. The number of amides is 1. The Labute approximate surface area is 198 Å². The molecule has 1 aromatic carbocycles. The zero-order chi connectivity index (χ0) is 23.8. The molecule has 1 aliphatic heterocycles. The van der Waals surface area contributed by atoms with Crippen LogP contribution in [0.4, 0.5) is 5.95 Å². The molecule has 9 nitrogen and oxygen atoms in total. The second kappa shape index (κ2) is 9.12. The summed E-state index contributed by atoms with van der Waals surface area (Å²) in [7, 11) is 3.15. The average Bonchev–Trinajstić information content (AvgIpc) is 3.26. The molecule has 3 aromatic rings. The Bertz CT molecular complexity index is 1310. The molecule has 0 unspecified atom stereocenters. The lowest BCUT2D eigenvalue weighted by molar-refractivity contribution is -0.136. The van der Waals surface area contributed by atoms with E-state index in [2.05, 4.69) is 4.90 Å². The summed E-state index contributed by atoms with van der Waals surface area (Å²) in [6, 6.07) is 9.93. The highest BCUT2D eigenvalue weighted by atomic mass is 16.2.